The lowest BCUT2D eigenvalue weighted by atomic mass is 9.87. The summed E-state index contributed by atoms with van der Waals surface area (Å²) < 4.78 is 5.90. The first-order valence-corrected chi connectivity index (χ1v) is 8.68. The SMILES string of the molecule is CC(C)CC1CN(CC2CCCO2)C(C)(C2CC2)CN1. The maximum absolute atomic E-state index is 5.90. The lowest BCUT2D eigenvalue weighted by Crippen LogP contribution is -2.65. The summed E-state index contributed by atoms with van der Waals surface area (Å²) in [5.74, 6) is 1.69. The Morgan fingerprint density at radius 3 is 2.70 bits per heavy atom. The molecule has 0 radical (unpaired) electrons. The summed E-state index contributed by atoms with van der Waals surface area (Å²) in [7, 11) is 0. The molecule has 3 atom stereocenters. The minimum Gasteiger partial charge on any atom is -0.377 e. The minimum absolute atomic E-state index is 0.374. The molecular weight excluding hydrogens is 248 g/mol. The molecule has 0 aromatic heterocycles. The van der Waals surface area contributed by atoms with Crippen molar-refractivity contribution in [2.75, 3.05) is 26.2 Å². The summed E-state index contributed by atoms with van der Waals surface area (Å²) in [5.41, 5.74) is 0.374. The van der Waals surface area contributed by atoms with Crippen molar-refractivity contribution in [1.82, 2.24) is 10.2 Å². The van der Waals surface area contributed by atoms with Crippen LogP contribution in [0.2, 0.25) is 0 Å². The predicted molar refractivity (Wildman–Crippen MR) is 82.9 cm³/mol. The molecule has 3 nitrogen and oxygen atoms in total. The molecule has 3 fully saturated rings. The lowest BCUT2D eigenvalue weighted by molar-refractivity contribution is -0.0128. The van der Waals surface area contributed by atoms with Gasteiger partial charge >= 0.3 is 0 Å². The number of piperazine rings is 1. The van der Waals surface area contributed by atoms with E-state index in [1.54, 1.807) is 0 Å². The van der Waals surface area contributed by atoms with Crippen LogP contribution in [0.4, 0.5) is 0 Å². The van der Waals surface area contributed by atoms with Gasteiger partial charge in [-0.25, -0.2) is 0 Å². The van der Waals surface area contributed by atoms with Crippen LogP contribution in [-0.4, -0.2) is 48.8 Å². The Labute approximate surface area is 124 Å². The normalized spacial score (nSPS) is 39.6. The van der Waals surface area contributed by atoms with Gasteiger partial charge in [0.15, 0.2) is 0 Å². The summed E-state index contributed by atoms with van der Waals surface area (Å²) in [6.45, 7) is 11.7. The first-order valence-electron chi connectivity index (χ1n) is 8.68. The van der Waals surface area contributed by atoms with Crippen molar-refractivity contribution in [2.24, 2.45) is 11.8 Å². The number of hydrogen-bond acceptors (Lipinski definition) is 3. The van der Waals surface area contributed by atoms with Crippen molar-refractivity contribution in [1.29, 1.82) is 0 Å². The van der Waals surface area contributed by atoms with Gasteiger partial charge in [0.25, 0.3) is 0 Å². The standard InChI is InChI=1S/C17H32N2O/c1-13(2)9-15-10-19(11-16-5-4-8-20-16)17(3,12-18-15)14-6-7-14/h13-16,18H,4-12H2,1-3H3. The molecule has 1 saturated carbocycles. The fourth-order valence-electron chi connectivity index (χ4n) is 4.15. The van der Waals surface area contributed by atoms with Gasteiger partial charge in [-0.05, 0) is 50.9 Å². The smallest absolute Gasteiger partial charge is 0.0703 e. The van der Waals surface area contributed by atoms with Crippen molar-refractivity contribution >= 4 is 0 Å². The first-order chi connectivity index (χ1) is 9.58. The van der Waals surface area contributed by atoms with Crippen LogP contribution >= 0.6 is 0 Å². The molecule has 2 saturated heterocycles. The van der Waals surface area contributed by atoms with Crippen molar-refractivity contribution < 1.29 is 4.74 Å². The van der Waals surface area contributed by atoms with Gasteiger partial charge in [0.2, 0.25) is 0 Å². The fraction of sp³-hybridized carbons (Fsp3) is 1.00. The van der Waals surface area contributed by atoms with Crippen LogP contribution in [0, 0.1) is 11.8 Å². The summed E-state index contributed by atoms with van der Waals surface area (Å²) >= 11 is 0. The number of hydrogen-bond donors (Lipinski definition) is 1. The molecule has 0 bridgehead atoms. The molecule has 3 heteroatoms. The molecule has 3 rings (SSSR count). The molecule has 0 aromatic carbocycles. The Bertz CT molecular complexity index is 323. The van der Waals surface area contributed by atoms with Gasteiger partial charge in [-0.15, -0.1) is 0 Å². The Morgan fingerprint density at radius 2 is 2.10 bits per heavy atom. The predicted octanol–water partition coefficient (Wildman–Crippen LogP) is 2.65. The van der Waals surface area contributed by atoms with Gasteiger partial charge in [-0.1, -0.05) is 13.8 Å². The van der Waals surface area contributed by atoms with Crippen molar-refractivity contribution in [3.05, 3.63) is 0 Å². The van der Waals surface area contributed by atoms with Crippen LogP contribution in [0.3, 0.4) is 0 Å². The molecule has 3 unspecified atom stereocenters. The minimum atomic E-state index is 0.374. The number of ether oxygens (including phenoxy) is 1. The summed E-state index contributed by atoms with van der Waals surface area (Å²) in [4.78, 5) is 2.78. The third-order valence-corrected chi connectivity index (χ3v) is 5.57. The van der Waals surface area contributed by atoms with Crippen molar-refractivity contribution in [3.63, 3.8) is 0 Å². The molecule has 1 aliphatic carbocycles. The van der Waals surface area contributed by atoms with E-state index in [1.165, 1.54) is 45.2 Å². The highest BCUT2D eigenvalue weighted by Crippen LogP contribution is 2.44. The van der Waals surface area contributed by atoms with E-state index >= 15 is 0 Å². The number of nitrogens with zero attached hydrogens (tertiary/aromatic N) is 1. The highest BCUT2D eigenvalue weighted by atomic mass is 16.5. The topological polar surface area (TPSA) is 24.5 Å². The highest BCUT2D eigenvalue weighted by Gasteiger charge is 2.48. The third kappa shape index (κ3) is 3.20. The van der Waals surface area contributed by atoms with E-state index in [0.29, 0.717) is 17.7 Å². The van der Waals surface area contributed by atoms with E-state index in [9.17, 15) is 0 Å². The van der Waals surface area contributed by atoms with Crippen LogP contribution < -0.4 is 5.32 Å². The van der Waals surface area contributed by atoms with Crippen LogP contribution in [0.1, 0.15) is 52.9 Å². The Hall–Kier alpha value is -0.120. The second-order valence-electron chi connectivity index (χ2n) is 7.88. The number of nitrogens with one attached hydrogen (secondary N) is 1. The maximum atomic E-state index is 5.90. The summed E-state index contributed by atoms with van der Waals surface area (Å²) in [6, 6.07) is 0.670. The van der Waals surface area contributed by atoms with Crippen molar-refractivity contribution in [2.45, 2.75) is 70.6 Å². The molecule has 116 valence electrons. The third-order valence-electron chi connectivity index (χ3n) is 5.57. The van der Waals surface area contributed by atoms with Gasteiger partial charge in [-0.2, -0.15) is 0 Å². The Kier molecular flexibility index (Phi) is 4.40. The molecule has 3 aliphatic rings. The largest absolute Gasteiger partial charge is 0.377 e. The maximum Gasteiger partial charge on any atom is 0.0703 e. The van der Waals surface area contributed by atoms with E-state index in [1.807, 2.05) is 0 Å². The van der Waals surface area contributed by atoms with Gasteiger partial charge in [0.1, 0.15) is 0 Å². The molecule has 2 aliphatic heterocycles. The Morgan fingerprint density at radius 1 is 1.30 bits per heavy atom. The van der Waals surface area contributed by atoms with E-state index in [0.717, 1.165) is 25.0 Å². The molecule has 0 aromatic rings. The van der Waals surface area contributed by atoms with Crippen LogP contribution in [0.25, 0.3) is 0 Å². The molecule has 0 spiro atoms. The van der Waals surface area contributed by atoms with Crippen molar-refractivity contribution in [3.8, 4) is 0 Å². The molecular formula is C17H32N2O. The molecule has 0 amide bonds. The average Bonchev–Trinajstić information content (AvgIpc) is 3.13. The lowest BCUT2D eigenvalue weighted by Gasteiger charge is -2.49. The summed E-state index contributed by atoms with van der Waals surface area (Å²) in [6.07, 6.45) is 7.16. The van der Waals surface area contributed by atoms with Crippen LogP contribution in [0.15, 0.2) is 0 Å². The summed E-state index contributed by atoms with van der Waals surface area (Å²) in [5, 5.41) is 3.83. The Balaban J connectivity index is 1.65. The van der Waals surface area contributed by atoms with Gasteiger partial charge < -0.3 is 10.1 Å². The van der Waals surface area contributed by atoms with Crippen LogP contribution in [0.5, 0.6) is 0 Å². The zero-order chi connectivity index (χ0) is 14.2. The second kappa shape index (κ2) is 5.94. The highest BCUT2D eigenvalue weighted by molar-refractivity contribution is 5.05. The fourth-order valence-corrected chi connectivity index (χ4v) is 4.15. The van der Waals surface area contributed by atoms with Gasteiger partial charge in [0.05, 0.1) is 6.10 Å². The molecule has 2 heterocycles. The van der Waals surface area contributed by atoms with Gasteiger partial charge in [-0.3, -0.25) is 4.90 Å². The zero-order valence-corrected chi connectivity index (χ0v) is 13.5. The monoisotopic (exact) mass is 280 g/mol. The van der Waals surface area contributed by atoms with E-state index in [4.69, 9.17) is 4.74 Å². The van der Waals surface area contributed by atoms with E-state index in [-0.39, 0.29) is 0 Å². The zero-order valence-electron chi connectivity index (χ0n) is 13.5. The van der Waals surface area contributed by atoms with Gasteiger partial charge in [0, 0.05) is 37.8 Å². The average molecular weight is 280 g/mol. The van der Waals surface area contributed by atoms with E-state index < -0.39 is 0 Å². The number of rotatable bonds is 5. The first kappa shape index (κ1) is 14.8. The second-order valence-corrected chi connectivity index (χ2v) is 7.88. The van der Waals surface area contributed by atoms with Crippen LogP contribution in [-0.2, 0) is 4.74 Å². The van der Waals surface area contributed by atoms with E-state index in [2.05, 4.69) is 31.0 Å². The molecule has 1 N–H and O–H groups in total. The quantitative estimate of drug-likeness (QED) is 0.838. The molecule has 20 heavy (non-hydrogen) atoms.